The van der Waals surface area contributed by atoms with Crippen LogP contribution in [-0.4, -0.2) is 41.2 Å². The molecule has 4 nitrogen and oxygen atoms in total. The minimum Gasteiger partial charge on any atom is -0.339 e. The number of carbonyl (C=O) groups excluding carboxylic acids is 2. The third-order valence-electron chi connectivity index (χ3n) is 5.07. The molecule has 0 saturated carbocycles. The molecule has 0 unspecified atom stereocenters. The van der Waals surface area contributed by atoms with Gasteiger partial charge in [-0.2, -0.15) is 0 Å². The molecule has 0 bridgehead atoms. The lowest BCUT2D eigenvalue weighted by Crippen LogP contribution is -2.41. The highest BCUT2D eigenvalue weighted by Gasteiger charge is 2.31. The molecule has 2 aliphatic heterocycles. The van der Waals surface area contributed by atoms with Crippen LogP contribution in [0.2, 0.25) is 0 Å². The fourth-order valence-electron chi connectivity index (χ4n) is 3.31. The number of hydrogen-bond acceptors (Lipinski definition) is 3. The Bertz CT molecular complexity index is 637. The Morgan fingerprint density at radius 2 is 1.91 bits per heavy atom. The number of thiophene rings is 1. The van der Waals surface area contributed by atoms with Crippen LogP contribution < -0.4 is 0 Å². The molecule has 124 valence electrons. The van der Waals surface area contributed by atoms with Crippen molar-refractivity contribution in [3.63, 3.8) is 0 Å². The van der Waals surface area contributed by atoms with E-state index in [4.69, 9.17) is 0 Å². The van der Waals surface area contributed by atoms with E-state index in [1.807, 2.05) is 10.3 Å². The van der Waals surface area contributed by atoms with E-state index < -0.39 is 0 Å². The van der Waals surface area contributed by atoms with E-state index in [1.54, 1.807) is 16.2 Å². The van der Waals surface area contributed by atoms with E-state index in [2.05, 4.69) is 20.4 Å². The van der Waals surface area contributed by atoms with Gasteiger partial charge in [0.15, 0.2) is 0 Å². The van der Waals surface area contributed by atoms with Gasteiger partial charge < -0.3 is 9.80 Å². The van der Waals surface area contributed by atoms with Crippen LogP contribution in [0.1, 0.15) is 47.5 Å². The lowest BCUT2D eigenvalue weighted by molar-refractivity contribution is -0.126. The Labute approximate surface area is 141 Å². The van der Waals surface area contributed by atoms with Gasteiger partial charge in [-0.25, -0.2) is 0 Å². The fraction of sp³-hybridized carbons (Fsp3) is 0.556. The molecule has 1 aromatic heterocycles. The van der Waals surface area contributed by atoms with Gasteiger partial charge in [0.25, 0.3) is 5.91 Å². The second-order valence-electron chi connectivity index (χ2n) is 7.22. The van der Waals surface area contributed by atoms with Crippen LogP contribution in [0.5, 0.6) is 0 Å². The van der Waals surface area contributed by atoms with Gasteiger partial charge in [0.2, 0.25) is 5.91 Å². The normalized spacial score (nSPS) is 20.1. The van der Waals surface area contributed by atoms with Crippen molar-refractivity contribution in [1.82, 2.24) is 9.80 Å². The van der Waals surface area contributed by atoms with Gasteiger partial charge in [0.05, 0.1) is 12.1 Å². The summed E-state index contributed by atoms with van der Waals surface area (Å²) in [6.07, 6.45) is 4.25. The molecule has 0 aliphatic carbocycles. The predicted molar refractivity (Wildman–Crippen MR) is 92.6 cm³/mol. The molecule has 5 heteroatoms. The number of piperidine rings is 1. The highest BCUT2D eigenvalue weighted by molar-refractivity contribution is 7.10. The summed E-state index contributed by atoms with van der Waals surface area (Å²) in [5.74, 6) is 0.136. The number of nitrogens with zero attached hydrogens (tertiary/aromatic N) is 2. The van der Waals surface area contributed by atoms with Crippen LogP contribution in [0.4, 0.5) is 0 Å². The number of amides is 2. The van der Waals surface area contributed by atoms with Crippen molar-refractivity contribution >= 4 is 23.2 Å². The van der Waals surface area contributed by atoms with Crippen molar-refractivity contribution in [1.29, 1.82) is 0 Å². The summed E-state index contributed by atoms with van der Waals surface area (Å²) in [5.41, 5.74) is 2.35. The molecule has 3 rings (SSSR count). The molecule has 1 fully saturated rings. The average molecular weight is 332 g/mol. The summed E-state index contributed by atoms with van der Waals surface area (Å²) in [7, 11) is 0. The van der Waals surface area contributed by atoms with Gasteiger partial charge in [-0.1, -0.05) is 20.4 Å². The molecule has 0 spiro atoms. The zero-order valence-corrected chi connectivity index (χ0v) is 14.7. The van der Waals surface area contributed by atoms with Gasteiger partial charge in [0.1, 0.15) is 0 Å². The monoisotopic (exact) mass is 332 g/mol. The van der Waals surface area contributed by atoms with Crippen molar-refractivity contribution in [2.45, 2.75) is 39.7 Å². The fourth-order valence-corrected chi connectivity index (χ4v) is 4.40. The predicted octanol–water partition coefficient (Wildman–Crippen LogP) is 3.08. The van der Waals surface area contributed by atoms with Crippen LogP contribution in [0, 0.1) is 5.41 Å². The maximum absolute atomic E-state index is 12.9. The second kappa shape index (κ2) is 6.11. The molecule has 3 heterocycles. The Balaban J connectivity index is 1.73. The summed E-state index contributed by atoms with van der Waals surface area (Å²) >= 11 is 1.60. The van der Waals surface area contributed by atoms with Crippen LogP contribution in [0.3, 0.4) is 0 Å². The highest BCUT2D eigenvalue weighted by atomic mass is 32.1. The minimum atomic E-state index is -0.0322. The number of rotatable bonds is 2. The lowest BCUT2D eigenvalue weighted by Gasteiger charge is -2.37. The third kappa shape index (κ3) is 3.20. The molecule has 0 aromatic carbocycles. The van der Waals surface area contributed by atoms with E-state index in [1.165, 1.54) is 6.08 Å². The molecule has 1 saturated heterocycles. The summed E-state index contributed by atoms with van der Waals surface area (Å²) in [4.78, 5) is 29.5. The zero-order valence-electron chi connectivity index (χ0n) is 13.9. The molecule has 23 heavy (non-hydrogen) atoms. The number of likely N-dealkylation sites (tertiary alicyclic amines) is 1. The summed E-state index contributed by atoms with van der Waals surface area (Å²) in [6.45, 7) is 11.1. The van der Waals surface area contributed by atoms with Gasteiger partial charge in [-0.15, -0.1) is 11.3 Å². The van der Waals surface area contributed by atoms with Gasteiger partial charge in [0, 0.05) is 29.9 Å². The van der Waals surface area contributed by atoms with Gasteiger partial charge >= 0.3 is 0 Å². The second-order valence-corrected chi connectivity index (χ2v) is 8.19. The Kier molecular flexibility index (Phi) is 4.32. The highest BCUT2D eigenvalue weighted by Crippen LogP contribution is 2.33. The third-order valence-corrected chi connectivity index (χ3v) is 6.08. The molecule has 0 radical (unpaired) electrons. The van der Waals surface area contributed by atoms with Crippen LogP contribution >= 0.6 is 11.3 Å². The van der Waals surface area contributed by atoms with Crippen LogP contribution in [0.25, 0.3) is 0 Å². The topological polar surface area (TPSA) is 40.6 Å². The van der Waals surface area contributed by atoms with E-state index in [9.17, 15) is 9.59 Å². The smallest absolute Gasteiger partial charge is 0.254 e. The molecule has 0 atom stereocenters. The largest absolute Gasteiger partial charge is 0.339 e. The van der Waals surface area contributed by atoms with E-state index in [0.29, 0.717) is 18.5 Å². The van der Waals surface area contributed by atoms with Gasteiger partial charge in [-0.3, -0.25) is 9.59 Å². The average Bonchev–Trinajstić information content (AvgIpc) is 2.96. The van der Waals surface area contributed by atoms with Crippen molar-refractivity contribution in [2.75, 3.05) is 19.6 Å². The van der Waals surface area contributed by atoms with Crippen molar-refractivity contribution in [2.24, 2.45) is 5.41 Å². The summed E-state index contributed by atoms with van der Waals surface area (Å²) < 4.78 is 0. The van der Waals surface area contributed by atoms with Crippen LogP contribution in [-0.2, 0) is 17.8 Å². The maximum atomic E-state index is 12.9. The molecule has 1 aromatic rings. The number of fused-ring (bicyclic) bond motifs is 1. The van der Waals surface area contributed by atoms with Crippen molar-refractivity contribution in [3.05, 3.63) is 34.0 Å². The quantitative estimate of drug-likeness (QED) is 0.781. The SMILES string of the molecule is C=CC(=O)N1CCc2c(C(=O)N3CCC(C)(C)CC3)csc2C1. The first-order valence-electron chi connectivity index (χ1n) is 8.21. The first-order valence-corrected chi connectivity index (χ1v) is 9.09. The Hall–Kier alpha value is -1.62. The van der Waals surface area contributed by atoms with Crippen LogP contribution in [0.15, 0.2) is 18.0 Å². The van der Waals surface area contributed by atoms with E-state index in [0.717, 1.165) is 48.4 Å². The molecule has 0 N–H and O–H groups in total. The van der Waals surface area contributed by atoms with E-state index >= 15 is 0 Å². The zero-order chi connectivity index (χ0) is 16.6. The number of carbonyl (C=O) groups is 2. The van der Waals surface area contributed by atoms with Crippen molar-refractivity contribution < 1.29 is 9.59 Å². The summed E-state index contributed by atoms with van der Waals surface area (Å²) in [6, 6.07) is 0. The van der Waals surface area contributed by atoms with Gasteiger partial charge in [-0.05, 0) is 36.3 Å². The maximum Gasteiger partial charge on any atom is 0.254 e. The molecular weight excluding hydrogens is 308 g/mol. The standard InChI is InChI=1S/C18H24N2O2S/c1-4-16(21)20-8-5-13-14(12-23-15(13)11-20)17(22)19-9-6-18(2,3)7-10-19/h4,12H,1,5-11H2,2-3H3. The van der Waals surface area contributed by atoms with Crippen molar-refractivity contribution in [3.8, 4) is 0 Å². The Morgan fingerprint density at radius 1 is 1.22 bits per heavy atom. The first-order chi connectivity index (χ1) is 10.9. The molecule has 2 aliphatic rings. The minimum absolute atomic E-state index is 0.0322. The molecule has 2 amide bonds. The summed E-state index contributed by atoms with van der Waals surface area (Å²) in [5, 5.41) is 1.98. The Morgan fingerprint density at radius 3 is 2.57 bits per heavy atom. The van der Waals surface area contributed by atoms with E-state index in [-0.39, 0.29) is 11.8 Å². The lowest BCUT2D eigenvalue weighted by atomic mass is 9.82. The molecular formula is C18H24N2O2S. The number of hydrogen-bond donors (Lipinski definition) is 0. The first kappa shape index (κ1) is 16.2.